The lowest BCUT2D eigenvalue weighted by molar-refractivity contribution is -0.384. The van der Waals surface area contributed by atoms with Crippen molar-refractivity contribution < 1.29 is 28.7 Å². The summed E-state index contributed by atoms with van der Waals surface area (Å²) >= 11 is 1.23. The normalized spacial score (nSPS) is 10.8. The van der Waals surface area contributed by atoms with Crippen LogP contribution in [-0.4, -0.2) is 36.6 Å². The van der Waals surface area contributed by atoms with E-state index in [9.17, 15) is 19.7 Å². The number of rotatable bonds is 11. The number of thiophene rings is 1. The van der Waals surface area contributed by atoms with Gasteiger partial charge < -0.3 is 19.5 Å². The van der Waals surface area contributed by atoms with Crippen LogP contribution >= 0.6 is 11.3 Å². The molecule has 1 heterocycles. The van der Waals surface area contributed by atoms with E-state index in [1.807, 2.05) is 26.8 Å². The predicted molar refractivity (Wildman–Crippen MR) is 144 cm³/mol. The maximum atomic E-state index is 12.9. The van der Waals surface area contributed by atoms with Crippen molar-refractivity contribution >= 4 is 40.0 Å². The fraction of sp³-hybridized carbons (Fsp3) is 0.259. The molecular weight excluding hydrogens is 496 g/mol. The predicted octanol–water partition coefficient (Wildman–Crippen LogP) is 6.26. The fourth-order valence-corrected chi connectivity index (χ4v) is 4.69. The van der Waals surface area contributed by atoms with E-state index < -0.39 is 16.8 Å². The number of nitro benzene ring substituents is 1. The van der Waals surface area contributed by atoms with Crippen molar-refractivity contribution in [3.63, 3.8) is 0 Å². The third-order valence-corrected chi connectivity index (χ3v) is 6.18. The van der Waals surface area contributed by atoms with Gasteiger partial charge >= 0.3 is 5.97 Å². The summed E-state index contributed by atoms with van der Waals surface area (Å²) < 4.78 is 16.4. The number of hydrogen-bond donors (Lipinski definition) is 1. The number of hydrogen-bond acceptors (Lipinski definition) is 8. The Labute approximate surface area is 218 Å². The van der Waals surface area contributed by atoms with E-state index in [1.165, 1.54) is 29.5 Å². The number of anilines is 1. The number of ether oxygens (including phenoxy) is 3. The van der Waals surface area contributed by atoms with Gasteiger partial charge in [0.15, 0.2) is 11.5 Å². The van der Waals surface area contributed by atoms with Crippen molar-refractivity contribution in [1.82, 2.24) is 0 Å². The van der Waals surface area contributed by atoms with Crippen LogP contribution in [0.3, 0.4) is 0 Å². The number of benzene rings is 2. The fourth-order valence-electron chi connectivity index (χ4n) is 3.63. The number of nitro groups is 1. The first-order valence-electron chi connectivity index (χ1n) is 11.7. The topological polar surface area (TPSA) is 117 Å². The van der Waals surface area contributed by atoms with Gasteiger partial charge in [0.1, 0.15) is 10.6 Å². The van der Waals surface area contributed by atoms with Crippen LogP contribution in [0.4, 0.5) is 10.7 Å². The zero-order chi connectivity index (χ0) is 26.9. The number of amides is 1. The monoisotopic (exact) mass is 524 g/mol. The quantitative estimate of drug-likeness (QED) is 0.136. The highest BCUT2D eigenvalue weighted by atomic mass is 32.1. The van der Waals surface area contributed by atoms with E-state index in [0.717, 1.165) is 10.4 Å². The second-order valence-corrected chi connectivity index (χ2v) is 8.88. The summed E-state index contributed by atoms with van der Waals surface area (Å²) in [5.41, 5.74) is 2.05. The van der Waals surface area contributed by atoms with Crippen LogP contribution in [0.1, 0.15) is 41.6 Å². The molecule has 2 aromatic carbocycles. The number of esters is 1. The number of nitrogens with zero attached hydrogens (tertiary/aromatic N) is 1. The SMILES string of the molecule is CCOC(=O)c1c(NC(=O)/C=C/c2ccc(OCC)c(OCC)c2)sc(C)c1-c1ccc([N+](=O)[O-])cc1. The van der Waals surface area contributed by atoms with Crippen molar-refractivity contribution in [3.05, 3.63) is 74.7 Å². The lowest BCUT2D eigenvalue weighted by Gasteiger charge is -2.11. The summed E-state index contributed by atoms with van der Waals surface area (Å²) in [6.45, 7) is 8.39. The highest BCUT2D eigenvalue weighted by Crippen LogP contribution is 2.41. The molecular formula is C27H28N2O7S. The third-order valence-electron chi connectivity index (χ3n) is 5.16. The first kappa shape index (κ1) is 27.4. The summed E-state index contributed by atoms with van der Waals surface area (Å²) in [6, 6.07) is 11.3. The molecule has 0 fully saturated rings. The van der Waals surface area contributed by atoms with Crippen molar-refractivity contribution in [3.8, 4) is 22.6 Å². The molecule has 10 heteroatoms. The van der Waals surface area contributed by atoms with Gasteiger partial charge in [-0.2, -0.15) is 0 Å². The molecule has 0 saturated carbocycles. The van der Waals surface area contributed by atoms with Gasteiger partial charge in [0.25, 0.3) is 5.69 Å². The van der Waals surface area contributed by atoms with Crippen molar-refractivity contribution in [1.29, 1.82) is 0 Å². The van der Waals surface area contributed by atoms with E-state index >= 15 is 0 Å². The third kappa shape index (κ3) is 6.73. The van der Waals surface area contributed by atoms with Gasteiger partial charge in [-0.1, -0.05) is 6.07 Å². The summed E-state index contributed by atoms with van der Waals surface area (Å²) in [4.78, 5) is 37.0. The molecule has 9 nitrogen and oxygen atoms in total. The number of carbonyl (C=O) groups is 2. The molecule has 1 amide bonds. The molecule has 0 aliphatic carbocycles. The minimum atomic E-state index is -0.590. The summed E-state index contributed by atoms with van der Waals surface area (Å²) in [6.07, 6.45) is 3.00. The number of aryl methyl sites for hydroxylation is 1. The first-order chi connectivity index (χ1) is 17.8. The molecule has 3 rings (SSSR count). The Balaban J connectivity index is 1.90. The van der Waals surface area contributed by atoms with Crippen LogP contribution in [0.5, 0.6) is 11.5 Å². The Morgan fingerprint density at radius 2 is 1.68 bits per heavy atom. The molecule has 37 heavy (non-hydrogen) atoms. The number of non-ortho nitro benzene ring substituents is 1. The Morgan fingerprint density at radius 1 is 1.00 bits per heavy atom. The Kier molecular flexibility index (Phi) is 9.39. The molecule has 0 atom stereocenters. The summed E-state index contributed by atoms with van der Waals surface area (Å²) in [5, 5.41) is 14.1. The highest BCUT2D eigenvalue weighted by Gasteiger charge is 2.25. The van der Waals surface area contributed by atoms with Crippen LogP contribution in [-0.2, 0) is 9.53 Å². The standard InChI is InChI=1S/C27H28N2O7S/c1-5-34-21-14-8-18(16-22(21)35-6-2)9-15-23(30)28-26-25(27(31)36-7-3)24(17(4)37-26)19-10-12-20(13-11-19)29(32)33/h8-16H,5-7H2,1-4H3,(H,28,30)/b15-9+. The number of nitrogens with one attached hydrogen (secondary N) is 1. The van der Waals surface area contributed by atoms with Crippen LogP contribution in [0.15, 0.2) is 48.5 Å². The van der Waals surface area contributed by atoms with E-state index in [0.29, 0.717) is 40.8 Å². The minimum absolute atomic E-state index is 0.0604. The van der Waals surface area contributed by atoms with Crippen LogP contribution in [0, 0.1) is 17.0 Å². The molecule has 0 bridgehead atoms. The van der Waals surface area contributed by atoms with E-state index in [2.05, 4.69) is 5.32 Å². The Hall–Kier alpha value is -4.18. The lowest BCUT2D eigenvalue weighted by atomic mass is 10.0. The van der Waals surface area contributed by atoms with E-state index in [-0.39, 0.29) is 17.9 Å². The second-order valence-electron chi connectivity index (χ2n) is 7.66. The largest absolute Gasteiger partial charge is 0.490 e. The molecule has 0 saturated heterocycles. The van der Waals surface area contributed by atoms with Crippen LogP contribution in [0.25, 0.3) is 17.2 Å². The van der Waals surface area contributed by atoms with Gasteiger partial charge in [-0.3, -0.25) is 14.9 Å². The summed E-state index contributed by atoms with van der Waals surface area (Å²) in [7, 11) is 0. The van der Waals surface area contributed by atoms with Gasteiger partial charge in [0, 0.05) is 28.6 Å². The molecule has 1 aromatic heterocycles. The average Bonchev–Trinajstić information content (AvgIpc) is 3.19. The summed E-state index contributed by atoms with van der Waals surface area (Å²) in [5.74, 6) is 0.178. The van der Waals surface area contributed by atoms with E-state index in [1.54, 1.807) is 37.3 Å². The minimum Gasteiger partial charge on any atom is -0.490 e. The molecule has 3 aromatic rings. The molecule has 0 radical (unpaired) electrons. The zero-order valence-electron chi connectivity index (χ0n) is 21.0. The van der Waals surface area contributed by atoms with Gasteiger partial charge in [-0.05, 0) is 69.2 Å². The Morgan fingerprint density at radius 3 is 2.30 bits per heavy atom. The van der Waals surface area contributed by atoms with Gasteiger partial charge in [0.05, 0.1) is 24.7 Å². The average molecular weight is 525 g/mol. The molecule has 0 spiro atoms. The van der Waals surface area contributed by atoms with Crippen LogP contribution in [0.2, 0.25) is 0 Å². The molecule has 1 N–H and O–H groups in total. The zero-order valence-corrected chi connectivity index (χ0v) is 21.8. The van der Waals surface area contributed by atoms with Crippen LogP contribution < -0.4 is 14.8 Å². The van der Waals surface area contributed by atoms with Gasteiger partial charge in [0.2, 0.25) is 5.91 Å². The smallest absolute Gasteiger partial charge is 0.341 e. The molecule has 0 aliphatic rings. The van der Waals surface area contributed by atoms with Crippen molar-refractivity contribution in [2.45, 2.75) is 27.7 Å². The Bertz CT molecular complexity index is 1310. The van der Waals surface area contributed by atoms with Crippen molar-refractivity contribution in [2.24, 2.45) is 0 Å². The maximum Gasteiger partial charge on any atom is 0.341 e. The highest BCUT2D eigenvalue weighted by molar-refractivity contribution is 7.17. The maximum absolute atomic E-state index is 12.9. The molecule has 0 aliphatic heterocycles. The van der Waals surface area contributed by atoms with Gasteiger partial charge in [-0.15, -0.1) is 11.3 Å². The number of carbonyl (C=O) groups excluding carboxylic acids is 2. The van der Waals surface area contributed by atoms with E-state index in [4.69, 9.17) is 14.2 Å². The molecule has 194 valence electrons. The lowest BCUT2D eigenvalue weighted by Crippen LogP contribution is -2.12. The second kappa shape index (κ2) is 12.7. The van der Waals surface area contributed by atoms with Gasteiger partial charge in [-0.25, -0.2) is 4.79 Å². The van der Waals surface area contributed by atoms with Crippen molar-refractivity contribution in [2.75, 3.05) is 25.1 Å². The molecule has 0 unspecified atom stereocenters. The first-order valence-corrected chi connectivity index (χ1v) is 12.5.